The second-order valence-electron chi connectivity index (χ2n) is 12.1. The first-order valence-corrected chi connectivity index (χ1v) is 13.6. The Labute approximate surface area is 229 Å². The average molecular weight is 545 g/mol. The summed E-state index contributed by atoms with van der Waals surface area (Å²) in [4.78, 5) is 36.8. The van der Waals surface area contributed by atoms with Gasteiger partial charge in [0.2, 0.25) is 5.91 Å². The van der Waals surface area contributed by atoms with Crippen molar-refractivity contribution in [2.24, 2.45) is 0 Å². The summed E-state index contributed by atoms with van der Waals surface area (Å²) in [6.45, 7) is 13.3. The summed E-state index contributed by atoms with van der Waals surface area (Å²) in [5.74, 6) is 0.00605. The molecule has 0 saturated carbocycles. The summed E-state index contributed by atoms with van der Waals surface area (Å²) in [5, 5.41) is 0. The number of pyridine rings is 1. The molecule has 0 radical (unpaired) electrons. The Morgan fingerprint density at radius 2 is 1.84 bits per heavy atom. The van der Waals surface area contributed by atoms with E-state index >= 15 is 0 Å². The van der Waals surface area contributed by atoms with Crippen molar-refractivity contribution < 1.29 is 18.7 Å². The van der Waals surface area contributed by atoms with Crippen molar-refractivity contribution in [1.82, 2.24) is 14.8 Å². The van der Waals surface area contributed by atoms with Crippen molar-refractivity contribution >= 4 is 29.3 Å². The highest BCUT2D eigenvalue weighted by atomic mass is 35.5. The first kappa shape index (κ1) is 28.3. The number of aromatic nitrogens is 1. The Kier molecular flexibility index (Phi) is 8.05. The highest BCUT2D eigenvalue weighted by Gasteiger charge is 2.42. The van der Waals surface area contributed by atoms with Crippen LogP contribution in [-0.4, -0.2) is 76.5 Å². The summed E-state index contributed by atoms with van der Waals surface area (Å²) in [5.41, 5.74) is 2.79. The fourth-order valence-corrected chi connectivity index (χ4v) is 5.51. The third-order valence-corrected chi connectivity index (χ3v) is 7.49. The fourth-order valence-electron chi connectivity index (χ4n) is 5.22. The Hall–Kier alpha value is -2.71. The molecule has 2 aliphatic rings. The number of hydrogen-bond acceptors (Lipinski definition) is 5. The van der Waals surface area contributed by atoms with E-state index in [1.54, 1.807) is 17.0 Å². The topological polar surface area (TPSA) is 66.0 Å². The average Bonchev–Trinajstić information content (AvgIpc) is 3.10. The van der Waals surface area contributed by atoms with Gasteiger partial charge in [0.1, 0.15) is 11.4 Å². The van der Waals surface area contributed by atoms with Crippen LogP contribution in [0, 0.1) is 5.82 Å². The molecular formula is C29H38ClFN4O3. The van der Waals surface area contributed by atoms with Crippen molar-refractivity contribution in [1.29, 1.82) is 0 Å². The zero-order valence-corrected chi connectivity index (χ0v) is 23.9. The minimum atomic E-state index is -0.583. The second-order valence-corrected chi connectivity index (χ2v) is 12.4. The summed E-state index contributed by atoms with van der Waals surface area (Å²) >= 11 is 6.32. The number of halogens is 2. The number of carbonyl (C=O) groups excluding carboxylic acids is 2. The normalized spacial score (nSPS) is 21.4. The maximum atomic E-state index is 13.7. The summed E-state index contributed by atoms with van der Waals surface area (Å²) in [6.07, 6.45) is 2.08. The van der Waals surface area contributed by atoms with Gasteiger partial charge in [0, 0.05) is 49.2 Å². The lowest BCUT2D eigenvalue weighted by Gasteiger charge is -2.44. The number of amides is 2. The van der Waals surface area contributed by atoms with Crippen LogP contribution in [0.5, 0.6) is 0 Å². The highest BCUT2D eigenvalue weighted by Crippen LogP contribution is 2.40. The molecule has 2 aliphatic heterocycles. The highest BCUT2D eigenvalue weighted by molar-refractivity contribution is 6.18. The van der Waals surface area contributed by atoms with Gasteiger partial charge in [-0.15, -0.1) is 11.6 Å². The lowest BCUT2D eigenvalue weighted by Crippen LogP contribution is -2.61. The molecule has 206 valence electrons. The molecule has 2 aromatic rings. The zero-order chi connectivity index (χ0) is 27.8. The number of alkyl halides is 1. The molecule has 0 aliphatic carbocycles. The van der Waals surface area contributed by atoms with E-state index in [1.165, 1.54) is 12.1 Å². The molecule has 7 nitrogen and oxygen atoms in total. The minimum absolute atomic E-state index is 0.0226. The van der Waals surface area contributed by atoms with Crippen LogP contribution < -0.4 is 4.90 Å². The smallest absolute Gasteiger partial charge is 0.410 e. The van der Waals surface area contributed by atoms with Crippen LogP contribution in [0.4, 0.5) is 14.9 Å². The standard InChI is InChI=1S/C29H38ClFN4O3/c1-19-15-33(23(13-30)16-34(19)27(37)38-28(2,3)4)17-25(36)35-18-29(5,6)26-24(35)12-21(14-32-26)11-20-7-9-22(31)10-8-20/h7-10,12,14,19,23H,11,13,15-18H2,1-6H3. The summed E-state index contributed by atoms with van der Waals surface area (Å²) in [6, 6.07) is 8.17. The molecule has 2 amide bonds. The Bertz CT molecular complexity index is 1180. The number of rotatable bonds is 5. The van der Waals surface area contributed by atoms with Crippen molar-refractivity contribution in [2.45, 2.75) is 71.1 Å². The Morgan fingerprint density at radius 1 is 1.16 bits per heavy atom. The molecule has 2 atom stereocenters. The minimum Gasteiger partial charge on any atom is -0.444 e. The van der Waals surface area contributed by atoms with Crippen LogP contribution in [0.25, 0.3) is 0 Å². The lowest BCUT2D eigenvalue weighted by atomic mass is 9.91. The van der Waals surface area contributed by atoms with Gasteiger partial charge in [-0.05, 0) is 63.4 Å². The fraction of sp³-hybridized carbons (Fsp3) is 0.552. The molecule has 1 fully saturated rings. The molecule has 0 spiro atoms. The van der Waals surface area contributed by atoms with Crippen molar-refractivity contribution in [3.8, 4) is 0 Å². The second kappa shape index (κ2) is 10.8. The Balaban J connectivity index is 1.49. The lowest BCUT2D eigenvalue weighted by molar-refractivity contribution is -0.121. The van der Waals surface area contributed by atoms with Crippen LogP contribution in [0.2, 0.25) is 0 Å². The quantitative estimate of drug-likeness (QED) is 0.496. The van der Waals surface area contributed by atoms with E-state index in [0.29, 0.717) is 31.9 Å². The number of hydrogen-bond donors (Lipinski definition) is 0. The van der Waals surface area contributed by atoms with Gasteiger partial charge >= 0.3 is 6.09 Å². The van der Waals surface area contributed by atoms with E-state index in [1.807, 2.05) is 44.9 Å². The SMILES string of the molecule is CC1CN(CC(=O)N2CC(C)(C)c3ncc(Cc4ccc(F)cc4)cc32)C(CCl)CN1C(=O)OC(C)(C)C. The maximum absolute atomic E-state index is 13.7. The first-order valence-electron chi connectivity index (χ1n) is 13.1. The largest absolute Gasteiger partial charge is 0.444 e. The van der Waals surface area contributed by atoms with Crippen LogP contribution in [0.3, 0.4) is 0 Å². The third-order valence-electron chi connectivity index (χ3n) is 7.13. The van der Waals surface area contributed by atoms with Gasteiger partial charge in [-0.25, -0.2) is 9.18 Å². The molecule has 1 aromatic carbocycles. The summed E-state index contributed by atoms with van der Waals surface area (Å²) in [7, 11) is 0. The van der Waals surface area contributed by atoms with Crippen LogP contribution in [-0.2, 0) is 21.4 Å². The first-order chi connectivity index (χ1) is 17.8. The van der Waals surface area contributed by atoms with Gasteiger partial charge in [-0.2, -0.15) is 0 Å². The van der Waals surface area contributed by atoms with Gasteiger partial charge in [-0.1, -0.05) is 26.0 Å². The molecule has 38 heavy (non-hydrogen) atoms. The zero-order valence-electron chi connectivity index (χ0n) is 23.1. The number of carbonyl (C=O) groups is 2. The molecular weight excluding hydrogens is 507 g/mol. The van der Waals surface area contributed by atoms with E-state index in [4.69, 9.17) is 21.3 Å². The van der Waals surface area contributed by atoms with Crippen LogP contribution in [0.1, 0.15) is 58.4 Å². The number of benzene rings is 1. The van der Waals surface area contributed by atoms with Gasteiger partial charge < -0.3 is 14.5 Å². The van der Waals surface area contributed by atoms with Gasteiger partial charge in [-0.3, -0.25) is 14.7 Å². The molecule has 4 rings (SSSR count). The predicted octanol–water partition coefficient (Wildman–Crippen LogP) is 4.98. The molecule has 2 unspecified atom stereocenters. The maximum Gasteiger partial charge on any atom is 0.410 e. The van der Waals surface area contributed by atoms with E-state index in [9.17, 15) is 14.0 Å². The third kappa shape index (κ3) is 6.29. The van der Waals surface area contributed by atoms with Crippen LogP contribution >= 0.6 is 11.6 Å². The number of ether oxygens (including phenoxy) is 1. The molecule has 0 bridgehead atoms. The van der Waals surface area contributed by atoms with E-state index in [-0.39, 0.29) is 41.9 Å². The van der Waals surface area contributed by atoms with Crippen molar-refractivity contribution in [2.75, 3.05) is 37.0 Å². The van der Waals surface area contributed by atoms with Crippen LogP contribution in [0.15, 0.2) is 36.5 Å². The van der Waals surface area contributed by atoms with Gasteiger partial charge in [0.05, 0.1) is 17.9 Å². The van der Waals surface area contributed by atoms with E-state index in [2.05, 4.69) is 18.7 Å². The number of anilines is 1. The number of fused-ring (bicyclic) bond motifs is 1. The summed E-state index contributed by atoms with van der Waals surface area (Å²) < 4.78 is 18.9. The van der Waals surface area contributed by atoms with Crippen molar-refractivity contribution in [3.05, 3.63) is 59.2 Å². The molecule has 1 aromatic heterocycles. The Morgan fingerprint density at radius 3 is 2.47 bits per heavy atom. The molecule has 1 saturated heterocycles. The number of nitrogens with zero attached hydrogens (tertiary/aromatic N) is 4. The predicted molar refractivity (Wildman–Crippen MR) is 147 cm³/mol. The van der Waals surface area contributed by atoms with Gasteiger partial charge in [0.25, 0.3) is 0 Å². The van der Waals surface area contributed by atoms with E-state index < -0.39 is 5.60 Å². The molecule has 0 N–H and O–H groups in total. The molecule has 3 heterocycles. The number of piperazine rings is 1. The monoisotopic (exact) mass is 544 g/mol. The molecule has 9 heteroatoms. The van der Waals surface area contributed by atoms with Crippen molar-refractivity contribution in [3.63, 3.8) is 0 Å². The van der Waals surface area contributed by atoms with E-state index in [0.717, 1.165) is 22.5 Å². The van der Waals surface area contributed by atoms with Gasteiger partial charge in [0.15, 0.2) is 0 Å².